The lowest BCUT2D eigenvalue weighted by molar-refractivity contribution is -0.137. The molecule has 1 aliphatic heterocycles. The molecule has 0 radical (unpaired) electrons. The molecule has 0 saturated carbocycles. The van der Waals surface area contributed by atoms with E-state index in [1.807, 2.05) is 44.2 Å². The molecule has 0 N–H and O–H groups in total. The monoisotopic (exact) mass is 188 g/mol. The fourth-order valence-electron chi connectivity index (χ4n) is 1.52. The first-order valence-corrected chi connectivity index (χ1v) is 4.66. The lowest BCUT2D eigenvalue weighted by atomic mass is 10.0. The van der Waals surface area contributed by atoms with Crippen molar-refractivity contribution in [1.29, 1.82) is 0 Å². The number of esters is 1. The van der Waals surface area contributed by atoms with E-state index in [0.29, 0.717) is 5.57 Å². The molecule has 14 heavy (non-hydrogen) atoms. The molecule has 1 aliphatic rings. The molecule has 1 aromatic carbocycles. The Balaban J connectivity index is 2.36. The summed E-state index contributed by atoms with van der Waals surface area (Å²) in [7, 11) is 0. The van der Waals surface area contributed by atoms with Crippen molar-refractivity contribution in [2.75, 3.05) is 0 Å². The zero-order valence-electron chi connectivity index (χ0n) is 8.28. The fraction of sp³-hybridized carbons (Fsp3) is 0.250. The first-order valence-electron chi connectivity index (χ1n) is 4.66. The van der Waals surface area contributed by atoms with Gasteiger partial charge in [0.25, 0.3) is 0 Å². The van der Waals surface area contributed by atoms with Gasteiger partial charge in [0, 0.05) is 0 Å². The first-order chi connectivity index (χ1) is 6.66. The number of ether oxygens (including phenoxy) is 1. The number of carbonyl (C=O) groups excluding carboxylic acids is 1. The van der Waals surface area contributed by atoms with Gasteiger partial charge in [-0.2, -0.15) is 0 Å². The number of benzene rings is 1. The maximum absolute atomic E-state index is 11.4. The maximum atomic E-state index is 11.4. The van der Waals surface area contributed by atoms with Gasteiger partial charge in [-0.15, -0.1) is 0 Å². The Bertz CT molecular complexity index is 387. The summed E-state index contributed by atoms with van der Waals surface area (Å²) in [5.74, 6) is -0.221. The lowest BCUT2D eigenvalue weighted by Gasteiger charge is -2.00. The van der Waals surface area contributed by atoms with Gasteiger partial charge in [0.1, 0.15) is 6.10 Å². The summed E-state index contributed by atoms with van der Waals surface area (Å²) in [6.07, 6.45) is 1.76. The maximum Gasteiger partial charge on any atom is 0.339 e. The van der Waals surface area contributed by atoms with Crippen LogP contribution in [0, 0.1) is 6.92 Å². The van der Waals surface area contributed by atoms with Gasteiger partial charge in [0.15, 0.2) is 0 Å². The third kappa shape index (κ3) is 1.55. The van der Waals surface area contributed by atoms with Gasteiger partial charge in [-0.3, -0.25) is 0 Å². The molecule has 0 bridgehead atoms. The van der Waals surface area contributed by atoms with E-state index in [2.05, 4.69) is 0 Å². The van der Waals surface area contributed by atoms with E-state index in [-0.39, 0.29) is 12.1 Å². The summed E-state index contributed by atoms with van der Waals surface area (Å²) in [6.45, 7) is 3.88. The molecule has 1 atom stereocenters. The second-order valence-corrected chi connectivity index (χ2v) is 3.56. The average Bonchev–Trinajstić information content (AvgIpc) is 2.47. The van der Waals surface area contributed by atoms with Gasteiger partial charge < -0.3 is 4.74 Å². The SMILES string of the molecule is Cc1ccc(C2=C[C@@H](C)OC2=O)cc1. The molecule has 0 fully saturated rings. The smallest absolute Gasteiger partial charge is 0.339 e. The van der Waals surface area contributed by atoms with Crippen LogP contribution in [0.15, 0.2) is 30.3 Å². The van der Waals surface area contributed by atoms with Crippen molar-refractivity contribution < 1.29 is 9.53 Å². The normalized spacial score (nSPS) is 20.6. The van der Waals surface area contributed by atoms with E-state index in [9.17, 15) is 4.79 Å². The molecule has 72 valence electrons. The van der Waals surface area contributed by atoms with Crippen molar-refractivity contribution in [3.05, 3.63) is 41.5 Å². The average molecular weight is 188 g/mol. The molecule has 0 aliphatic carbocycles. The highest BCUT2D eigenvalue weighted by atomic mass is 16.5. The summed E-state index contributed by atoms with van der Waals surface area (Å²) >= 11 is 0. The third-order valence-corrected chi connectivity index (χ3v) is 2.28. The predicted octanol–water partition coefficient (Wildman–Crippen LogP) is 2.32. The number of hydrogen-bond acceptors (Lipinski definition) is 2. The summed E-state index contributed by atoms with van der Waals surface area (Å²) < 4.78 is 5.03. The van der Waals surface area contributed by atoms with Crippen LogP contribution in [0.1, 0.15) is 18.1 Å². The van der Waals surface area contributed by atoms with Crippen LogP contribution >= 0.6 is 0 Å². The molecule has 0 amide bonds. The van der Waals surface area contributed by atoms with Crippen LogP contribution in [0.3, 0.4) is 0 Å². The highest BCUT2D eigenvalue weighted by Crippen LogP contribution is 2.23. The molecule has 1 heterocycles. The quantitative estimate of drug-likeness (QED) is 0.632. The van der Waals surface area contributed by atoms with E-state index in [0.717, 1.165) is 5.56 Å². The van der Waals surface area contributed by atoms with Gasteiger partial charge in [0.2, 0.25) is 0 Å². The zero-order valence-corrected chi connectivity index (χ0v) is 8.28. The van der Waals surface area contributed by atoms with Crippen LogP contribution in [0.2, 0.25) is 0 Å². The van der Waals surface area contributed by atoms with Gasteiger partial charge in [-0.05, 0) is 25.5 Å². The second kappa shape index (κ2) is 3.29. The second-order valence-electron chi connectivity index (χ2n) is 3.56. The molecular formula is C12H12O2. The van der Waals surface area contributed by atoms with Crippen LogP contribution < -0.4 is 0 Å². The zero-order chi connectivity index (χ0) is 10.1. The minimum Gasteiger partial charge on any atom is -0.455 e. The van der Waals surface area contributed by atoms with Crippen LogP contribution in [0.4, 0.5) is 0 Å². The van der Waals surface area contributed by atoms with Gasteiger partial charge >= 0.3 is 5.97 Å². The van der Waals surface area contributed by atoms with Gasteiger partial charge in [0.05, 0.1) is 5.57 Å². The summed E-state index contributed by atoms with van der Waals surface area (Å²) in [4.78, 5) is 11.4. The number of cyclic esters (lactones) is 1. The topological polar surface area (TPSA) is 26.3 Å². The van der Waals surface area contributed by atoms with E-state index >= 15 is 0 Å². The van der Waals surface area contributed by atoms with E-state index < -0.39 is 0 Å². The number of hydrogen-bond donors (Lipinski definition) is 0. The Morgan fingerprint density at radius 3 is 2.36 bits per heavy atom. The van der Waals surface area contributed by atoms with E-state index in [1.165, 1.54) is 5.56 Å². The van der Waals surface area contributed by atoms with Crippen LogP contribution in [-0.2, 0) is 9.53 Å². The van der Waals surface area contributed by atoms with Gasteiger partial charge in [-0.25, -0.2) is 4.79 Å². The first kappa shape index (κ1) is 9.00. The lowest BCUT2D eigenvalue weighted by Crippen LogP contribution is -2.03. The van der Waals surface area contributed by atoms with Crippen LogP contribution in [-0.4, -0.2) is 12.1 Å². The highest BCUT2D eigenvalue weighted by molar-refractivity contribution is 6.18. The number of rotatable bonds is 1. The van der Waals surface area contributed by atoms with Crippen molar-refractivity contribution in [1.82, 2.24) is 0 Å². The van der Waals surface area contributed by atoms with Crippen LogP contribution in [0.5, 0.6) is 0 Å². The molecule has 0 spiro atoms. The summed E-state index contributed by atoms with van der Waals surface area (Å²) in [5, 5.41) is 0. The predicted molar refractivity (Wildman–Crippen MR) is 54.7 cm³/mol. The Morgan fingerprint density at radius 1 is 1.21 bits per heavy atom. The molecular weight excluding hydrogens is 176 g/mol. The fourth-order valence-corrected chi connectivity index (χ4v) is 1.52. The number of carbonyl (C=O) groups is 1. The van der Waals surface area contributed by atoms with Crippen molar-refractivity contribution in [2.24, 2.45) is 0 Å². The Labute approximate surface area is 83.2 Å². The van der Waals surface area contributed by atoms with Crippen LogP contribution in [0.25, 0.3) is 5.57 Å². The van der Waals surface area contributed by atoms with E-state index in [1.54, 1.807) is 0 Å². The molecule has 1 aromatic rings. The molecule has 0 unspecified atom stereocenters. The largest absolute Gasteiger partial charge is 0.455 e. The van der Waals surface area contributed by atoms with Crippen molar-refractivity contribution >= 4 is 11.5 Å². The molecule has 2 rings (SSSR count). The standard InChI is InChI=1S/C12H12O2/c1-8-3-5-10(6-4-8)11-7-9(2)14-12(11)13/h3-7,9H,1-2H3/t9-/m1/s1. The molecule has 2 heteroatoms. The third-order valence-electron chi connectivity index (χ3n) is 2.28. The van der Waals surface area contributed by atoms with Gasteiger partial charge in [-0.1, -0.05) is 29.8 Å². The van der Waals surface area contributed by atoms with Crippen molar-refractivity contribution in [2.45, 2.75) is 20.0 Å². The Kier molecular flexibility index (Phi) is 2.12. The van der Waals surface area contributed by atoms with Crippen molar-refractivity contribution in [3.63, 3.8) is 0 Å². The minimum absolute atomic E-state index is 0.0983. The molecule has 0 saturated heterocycles. The molecule has 2 nitrogen and oxygen atoms in total. The Hall–Kier alpha value is -1.57. The minimum atomic E-state index is -0.221. The summed E-state index contributed by atoms with van der Waals surface area (Å²) in [6, 6.07) is 7.87. The number of aryl methyl sites for hydroxylation is 1. The Morgan fingerprint density at radius 2 is 1.86 bits per heavy atom. The highest BCUT2D eigenvalue weighted by Gasteiger charge is 2.22. The van der Waals surface area contributed by atoms with Crippen molar-refractivity contribution in [3.8, 4) is 0 Å². The molecule has 0 aromatic heterocycles. The summed E-state index contributed by atoms with van der Waals surface area (Å²) in [5.41, 5.74) is 2.80. The van der Waals surface area contributed by atoms with E-state index in [4.69, 9.17) is 4.74 Å².